The minimum Gasteiger partial charge on any atom is -0.478 e. The van der Waals surface area contributed by atoms with Crippen LogP contribution in [0.2, 0.25) is 0 Å². The quantitative estimate of drug-likeness (QED) is 0.476. The number of hydrogen-bond acceptors (Lipinski definition) is 5. The van der Waals surface area contributed by atoms with E-state index in [9.17, 15) is 22.8 Å². The molecular weight excluding hydrogens is 465 g/mol. The Morgan fingerprint density at radius 3 is 2.49 bits per heavy atom. The van der Waals surface area contributed by atoms with Crippen molar-refractivity contribution in [3.8, 4) is 5.75 Å². The van der Waals surface area contributed by atoms with Gasteiger partial charge < -0.3 is 19.7 Å². The number of rotatable bonds is 7. The van der Waals surface area contributed by atoms with E-state index in [-0.39, 0.29) is 29.6 Å². The van der Waals surface area contributed by atoms with Gasteiger partial charge in [-0.25, -0.2) is 14.8 Å². The highest BCUT2D eigenvalue weighted by Gasteiger charge is 2.31. The van der Waals surface area contributed by atoms with Crippen LogP contribution in [0.1, 0.15) is 46.9 Å². The lowest BCUT2D eigenvalue weighted by Gasteiger charge is -2.32. The van der Waals surface area contributed by atoms with Gasteiger partial charge in [-0.15, -0.1) is 13.2 Å². The molecule has 0 unspecified atom stereocenters. The number of carbonyl (C=O) groups excluding carboxylic acids is 1. The molecule has 4 rings (SSSR count). The molecule has 0 radical (unpaired) electrons. The van der Waals surface area contributed by atoms with Crippen molar-refractivity contribution in [3.05, 3.63) is 65.6 Å². The molecule has 0 saturated carbocycles. The third-order valence-electron chi connectivity index (χ3n) is 5.99. The summed E-state index contributed by atoms with van der Waals surface area (Å²) in [4.78, 5) is 37.6. The molecule has 1 saturated heterocycles. The fourth-order valence-electron chi connectivity index (χ4n) is 4.18. The summed E-state index contributed by atoms with van der Waals surface area (Å²) < 4.78 is 40.9. The Kier molecular flexibility index (Phi) is 6.77. The van der Waals surface area contributed by atoms with E-state index in [2.05, 4.69) is 26.3 Å². The first-order valence-electron chi connectivity index (χ1n) is 11.0. The van der Waals surface area contributed by atoms with Crippen LogP contribution < -0.4 is 4.74 Å². The Bertz CT molecular complexity index is 1250. The van der Waals surface area contributed by atoms with Crippen LogP contribution in [0.4, 0.5) is 13.2 Å². The fraction of sp³-hybridized carbons (Fsp3) is 0.333. The Balaban J connectivity index is 1.40. The molecule has 1 aliphatic heterocycles. The number of amides is 1. The highest BCUT2D eigenvalue weighted by Crippen LogP contribution is 2.32. The van der Waals surface area contributed by atoms with Crippen LogP contribution in [0.5, 0.6) is 5.75 Å². The van der Waals surface area contributed by atoms with Crippen molar-refractivity contribution in [1.29, 1.82) is 0 Å². The first-order valence-corrected chi connectivity index (χ1v) is 11.0. The van der Waals surface area contributed by atoms with Gasteiger partial charge in [0.1, 0.15) is 17.1 Å². The van der Waals surface area contributed by atoms with Crippen molar-refractivity contribution in [2.24, 2.45) is 0 Å². The molecule has 1 amide bonds. The van der Waals surface area contributed by atoms with Crippen molar-refractivity contribution in [2.45, 2.75) is 38.0 Å². The standard InChI is InChI=1S/C24H23F3N4O4/c1-14(23(33)34)2-7-19-29-20-18(8-11-28-21(20)30-19)15-9-12-31(13-10-15)22(32)16-3-5-17(6-4-16)35-24(25,26)27/h3-6,8,11,15H,1-2,7,9-10,12-13H2,(H,33,34)(H,28,29,30). The van der Waals surface area contributed by atoms with Crippen molar-refractivity contribution >= 4 is 23.0 Å². The predicted octanol–water partition coefficient (Wildman–Crippen LogP) is 4.45. The maximum absolute atomic E-state index is 12.8. The Hall–Kier alpha value is -3.89. The van der Waals surface area contributed by atoms with E-state index in [0.717, 1.165) is 23.2 Å². The van der Waals surface area contributed by atoms with Crippen LogP contribution in [0.3, 0.4) is 0 Å². The second kappa shape index (κ2) is 9.77. The summed E-state index contributed by atoms with van der Waals surface area (Å²) in [6, 6.07) is 6.81. The smallest absolute Gasteiger partial charge is 0.478 e. The predicted molar refractivity (Wildman–Crippen MR) is 120 cm³/mol. The molecule has 35 heavy (non-hydrogen) atoms. The highest BCUT2D eigenvalue weighted by molar-refractivity contribution is 5.94. The normalized spacial score (nSPS) is 14.8. The molecule has 184 valence electrons. The molecule has 11 heteroatoms. The number of halogens is 3. The van der Waals surface area contributed by atoms with E-state index < -0.39 is 12.3 Å². The lowest BCUT2D eigenvalue weighted by Crippen LogP contribution is -2.38. The van der Waals surface area contributed by atoms with E-state index in [1.54, 1.807) is 11.1 Å². The molecule has 3 heterocycles. The molecule has 2 N–H and O–H groups in total. The molecule has 1 aromatic carbocycles. The number of hydrogen-bond donors (Lipinski definition) is 2. The van der Waals surface area contributed by atoms with Gasteiger partial charge in [0.2, 0.25) is 0 Å². The maximum atomic E-state index is 12.8. The molecule has 0 spiro atoms. The zero-order chi connectivity index (χ0) is 25.2. The summed E-state index contributed by atoms with van der Waals surface area (Å²) in [5.41, 5.74) is 2.77. The van der Waals surface area contributed by atoms with Gasteiger partial charge in [0.25, 0.3) is 5.91 Å². The van der Waals surface area contributed by atoms with E-state index in [1.807, 2.05) is 6.07 Å². The van der Waals surface area contributed by atoms with Crippen molar-refractivity contribution < 1.29 is 32.6 Å². The summed E-state index contributed by atoms with van der Waals surface area (Å²) in [5, 5.41) is 8.98. The second-order valence-corrected chi connectivity index (χ2v) is 8.33. The number of likely N-dealkylation sites (tertiary alicyclic amines) is 1. The number of aromatic nitrogens is 3. The van der Waals surface area contributed by atoms with Crippen LogP contribution in [0, 0.1) is 0 Å². The third kappa shape index (κ3) is 5.79. The third-order valence-corrected chi connectivity index (χ3v) is 5.99. The van der Waals surface area contributed by atoms with Gasteiger partial charge in [-0.3, -0.25) is 4.79 Å². The topological polar surface area (TPSA) is 108 Å². The number of nitrogens with one attached hydrogen (secondary N) is 1. The van der Waals surface area contributed by atoms with Crippen molar-refractivity contribution in [1.82, 2.24) is 19.9 Å². The number of imidazole rings is 1. The van der Waals surface area contributed by atoms with Crippen LogP contribution in [0.25, 0.3) is 11.2 Å². The number of carbonyl (C=O) groups is 2. The van der Waals surface area contributed by atoms with E-state index in [4.69, 9.17) is 5.11 Å². The molecule has 0 bridgehead atoms. The summed E-state index contributed by atoms with van der Waals surface area (Å²) in [6.07, 6.45) is -1.03. The second-order valence-electron chi connectivity index (χ2n) is 8.33. The fourth-order valence-corrected chi connectivity index (χ4v) is 4.18. The van der Waals surface area contributed by atoms with Gasteiger partial charge in [0.15, 0.2) is 5.65 Å². The monoisotopic (exact) mass is 488 g/mol. The summed E-state index contributed by atoms with van der Waals surface area (Å²) in [6.45, 7) is 4.52. The van der Waals surface area contributed by atoms with Crippen molar-refractivity contribution in [2.75, 3.05) is 13.1 Å². The number of benzene rings is 1. The number of ether oxygens (including phenoxy) is 1. The number of pyridine rings is 1. The van der Waals surface area contributed by atoms with Gasteiger partial charge >= 0.3 is 12.3 Å². The molecular formula is C24H23F3N4O4. The number of fused-ring (bicyclic) bond motifs is 1. The molecule has 8 nitrogen and oxygen atoms in total. The Morgan fingerprint density at radius 1 is 1.17 bits per heavy atom. The minimum absolute atomic E-state index is 0.109. The van der Waals surface area contributed by atoms with Gasteiger partial charge in [-0.05, 0) is 61.1 Å². The van der Waals surface area contributed by atoms with Gasteiger partial charge in [-0.1, -0.05) is 6.58 Å². The van der Waals surface area contributed by atoms with Crippen LogP contribution in [-0.4, -0.2) is 56.3 Å². The van der Waals surface area contributed by atoms with Gasteiger partial charge in [0, 0.05) is 36.8 Å². The van der Waals surface area contributed by atoms with E-state index >= 15 is 0 Å². The number of aliphatic carboxylic acids is 1. The highest BCUT2D eigenvalue weighted by atomic mass is 19.4. The lowest BCUT2D eigenvalue weighted by molar-refractivity contribution is -0.274. The summed E-state index contributed by atoms with van der Waals surface area (Å²) in [7, 11) is 0. The number of aryl methyl sites for hydroxylation is 1. The maximum Gasteiger partial charge on any atom is 0.573 e. The van der Waals surface area contributed by atoms with E-state index in [0.29, 0.717) is 49.4 Å². The van der Waals surface area contributed by atoms with Gasteiger partial charge in [-0.2, -0.15) is 0 Å². The van der Waals surface area contributed by atoms with Crippen LogP contribution >= 0.6 is 0 Å². The zero-order valence-electron chi connectivity index (χ0n) is 18.6. The molecule has 0 aliphatic carbocycles. The van der Waals surface area contributed by atoms with E-state index in [1.165, 1.54) is 12.1 Å². The SMILES string of the molecule is C=C(CCc1nc2c(C3CCN(C(=O)c4ccc(OC(F)(F)F)cc4)CC3)ccnc2[nH]1)C(=O)O. The number of alkyl halides is 3. The number of carboxylic acid groups (broad SMARTS) is 1. The van der Waals surface area contributed by atoms with Crippen LogP contribution in [-0.2, 0) is 11.2 Å². The average Bonchev–Trinajstić information content (AvgIpc) is 3.25. The van der Waals surface area contributed by atoms with Gasteiger partial charge in [0.05, 0.1) is 0 Å². The number of aromatic amines is 1. The molecule has 2 aromatic heterocycles. The van der Waals surface area contributed by atoms with Crippen molar-refractivity contribution in [3.63, 3.8) is 0 Å². The lowest BCUT2D eigenvalue weighted by atomic mass is 9.89. The average molecular weight is 488 g/mol. The minimum atomic E-state index is -4.78. The molecule has 1 aliphatic rings. The summed E-state index contributed by atoms with van der Waals surface area (Å²) in [5.74, 6) is -0.875. The number of H-pyrrole nitrogens is 1. The first-order chi connectivity index (χ1) is 16.6. The molecule has 1 fully saturated rings. The first kappa shape index (κ1) is 24.2. The Morgan fingerprint density at radius 2 is 1.86 bits per heavy atom. The number of nitrogens with zero attached hydrogens (tertiary/aromatic N) is 3. The molecule has 3 aromatic rings. The summed E-state index contributed by atoms with van der Waals surface area (Å²) >= 11 is 0. The number of carboxylic acids is 1. The molecule has 0 atom stereocenters. The Labute approximate surface area is 198 Å². The zero-order valence-corrected chi connectivity index (χ0v) is 18.6. The number of piperidine rings is 1. The van der Waals surface area contributed by atoms with Crippen LogP contribution in [0.15, 0.2) is 48.7 Å². The largest absolute Gasteiger partial charge is 0.573 e.